The van der Waals surface area contributed by atoms with Crippen molar-refractivity contribution in [1.29, 1.82) is 0 Å². The summed E-state index contributed by atoms with van der Waals surface area (Å²) in [6.07, 6.45) is 14.3. The Morgan fingerprint density at radius 1 is 1.14 bits per heavy atom. The molecule has 28 heavy (non-hydrogen) atoms. The quantitative estimate of drug-likeness (QED) is 0.596. The molecule has 4 aliphatic rings. The van der Waals surface area contributed by atoms with Crippen LogP contribution in [0.3, 0.4) is 0 Å². The molecule has 3 nitrogen and oxygen atoms in total. The zero-order valence-electron chi connectivity index (χ0n) is 17.9. The number of hydrogen-bond acceptors (Lipinski definition) is 2. The van der Waals surface area contributed by atoms with Gasteiger partial charge in [-0.3, -0.25) is 4.79 Å². The molecule has 0 spiro atoms. The molecule has 0 aromatic rings. The van der Waals surface area contributed by atoms with Crippen molar-refractivity contribution in [2.24, 2.45) is 46.3 Å². The first kappa shape index (κ1) is 20.4. The van der Waals surface area contributed by atoms with Gasteiger partial charge in [-0.15, -0.1) is 6.58 Å². The molecule has 2 N–H and O–H groups in total. The van der Waals surface area contributed by atoms with Crippen LogP contribution >= 0.6 is 0 Å². The summed E-state index contributed by atoms with van der Waals surface area (Å²) in [7, 11) is 0. The van der Waals surface area contributed by atoms with Crippen molar-refractivity contribution in [2.45, 2.75) is 90.6 Å². The maximum atomic E-state index is 11.1. The van der Waals surface area contributed by atoms with Gasteiger partial charge in [0.15, 0.2) is 0 Å². The maximum Gasteiger partial charge on any atom is 0.303 e. The minimum atomic E-state index is -0.663. The van der Waals surface area contributed by atoms with E-state index in [0.717, 1.165) is 37.0 Å². The summed E-state index contributed by atoms with van der Waals surface area (Å²) >= 11 is 0. The lowest BCUT2D eigenvalue weighted by Gasteiger charge is -2.61. The second-order valence-electron chi connectivity index (χ2n) is 11.0. The van der Waals surface area contributed by atoms with Crippen LogP contribution in [-0.4, -0.2) is 22.3 Å². The van der Waals surface area contributed by atoms with Gasteiger partial charge < -0.3 is 10.2 Å². The SMILES string of the molecule is C=CC12CCC3C(CCC4C[C@H](O)CCC43C)C1CCC2C(C)CCC(=O)O. The molecule has 0 heterocycles. The molecule has 0 aromatic heterocycles. The predicted octanol–water partition coefficient (Wildman–Crippen LogP) is 5.67. The van der Waals surface area contributed by atoms with Crippen LogP contribution < -0.4 is 0 Å². The van der Waals surface area contributed by atoms with Crippen LogP contribution in [0, 0.1) is 46.3 Å². The number of carboxylic acids is 1. The van der Waals surface area contributed by atoms with Gasteiger partial charge in [-0.25, -0.2) is 0 Å². The van der Waals surface area contributed by atoms with Crippen molar-refractivity contribution in [2.75, 3.05) is 0 Å². The highest BCUT2D eigenvalue weighted by molar-refractivity contribution is 5.66. The van der Waals surface area contributed by atoms with E-state index in [1.165, 1.54) is 44.9 Å². The number of carbonyl (C=O) groups is 1. The molecule has 0 aromatic carbocycles. The number of fused-ring (bicyclic) bond motifs is 5. The van der Waals surface area contributed by atoms with E-state index in [1.54, 1.807) is 0 Å². The van der Waals surface area contributed by atoms with E-state index in [4.69, 9.17) is 5.11 Å². The van der Waals surface area contributed by atoms with Crippen LogP contribution in [0.4, 0.5) is 0 Å². The van der Waals surface area contributed by atoms with Gasteiger partial charge in [0.1, 0.15) is 0 Å². The standard InChI is InChI=1S/C25H40O3/c1-4-25-14-12-21-19(7-6-17-15-18(26)11-13-24(17,21)3)22(25)9-8-20(25)16(2)5-10-23(27)28/h4,16-22,26H,1,5-15H2,2-3H3,(H,27,28)/t16?,17?,18-,19?,20?,21?,22?,24?,25?/m1/s1. The average molecular weight is 389 g/mol. The number of allylic oxidation sites excluding steroid dienone is 1. The Bertz CT molecular complexity index is 615. The highest BCUT2D eigenvalue weighted by Gasteiger charge is 2.61. The Morgan fingerprint density at radius 3 is 2.64 bits per heavy atom. The molecule has 0 bridgehead atoms. The van der Waals surface area contributed by atoms with E-state index in [0.29, 0.717) is 29.6 Å². The number of carboxylic acid groups (broad SMARTS) is 1. The third-order valence-corrected chi connectivity index (χ3v) is 10.2. The van der Waals surface area contributed by atoms with Crippen LogP contribution in [-0.2, 0) is 4.79 Å². The second kappa shape index (κ2) is 7.45. The average Bonchev–Trinajstić information content (AvgIpc) is 3.07. The number of rotatable bonds is 5. The Hall–Kier alpha value is -0.830. The third kappa shape index (κ3) is 3.07. The predicted molar refractivity (Wildman–Crippen MR) is 112 cm³/mol. The lowest BCUT2D eigenvalue weighted by atomic mass is 9.44. The molecule has 4 rings (SSSR count). The Balaban J connectivity index is 1.55. The summed E-state index contributed by atoms with van der Waals surface area (Å²) in [4.78, 5) is 11.1. The first-order valence-electron chi connectivity index (χ1n) is 11.8. The largest absolute Gasteiger partial charge is 0.481 e. The van der Waals surface area contributed by atoms with E-state index in [1.807, 2.05) is 0 Å². The topological polar surface area (TPSA) is 57.5 Å². The molecule has 4 fully saturated rings. The van der Waals surface area contributed by atoms with E-state index < -0.39 is 5.97 Å². The van der Waals surface area contributed by atoms with Crippen LogP contribution in [0.15, 0.2) is 12.7 Å². The molecular weight excluding hydrogens is 348 g/mol. The Labute approximate surface area is 171 Å². The zero-order chi connectivity index (χ0) is 20.1. The molecular formula is C25H40O3. The highest BCUT2D eigenvalue weighted by atomic mass is 16.4. The summed E-state index contributed by atoms with van der Waals surface area (Å²) in [5.74, 6) is 3.47. The van der Waals surface area contributed by atoms with Gasteiger partial charge in [0, 0.05) is 6.42 Å². The summed E-state index contributed by atoms with van der Waals surface area (Å²) in [6, 6.07) is 0. The minimum absolute atomic E-state index is 0.0728. The molecule has 8 unspecified atom stereocenters. The van der Waals surface area contributed by atoms with Crippen LogP contribution in [0.25, 0.3) is 0 Å². The van der Waals surface area contributed by atoms with Gasteiger partial charge in [-0.05, 0) is 111 Å². The van der Waals surface area contributed by atoms with Gasteiger partial charge >= 0.3 is 5.97 Å². The van der Waals surface area contributed by atoms with Crippen molar-refractivity contribution in [3.63, 3.8) is 0 Å². The van der Waals surface area contributed by atoms with Gasteiger partial charge in [0.05, 0.1) is 6.10 Å². The maximum absolute atomic E-state index is 11.1. The molecule has 158 valence electrons. The van der Waals surface area contributed by atoms with Crippen molar-refractivity contribution in [3.05, 3.63) is 12.7 Å². The summed E-state index contributed by atoms with van der Waals surface area (Å²) in [6.45, 7) is 9.17. The number of hydrogen-bond donors (Lipinski definition) is 2. The lowest BCUT2D eigenvalue weighted by Crippen LogP contribution is -2.54. The molecule has 0 amide bonds. The fraction of sp³-hybridized carbons (Fsp3) is 0.880. The third-order valence-electron chi connectivity index (χ3n) is 10.2. The number of aliphatic hydroxyl groups excluding tert-OH is 1. The van der Waals surface area contributed by atoms with Crippen molar-refractivity contribution < 1.29 is 15.0 Å². The van der Waals surface area contributed by atoms with Crippen LogP contribution in [0.2, 0.25) is 0 Å². The van der Waals surface area contributed by atoms with Crippen molar-refractivity contribution in [3.8, 4) is 0 Å². The molecule has 4 aliphatic carbocycles. The van der Waals surface area contributed by atoms with Gasteiger partial charge in [0.2, 0.25) is 0 Å². The van der Waals surface area contributed by atoms with E-state index in [2.05, 4.69) is 26.5 Å². The molecule has 3 heteroatoms. The van der Waals surface area contributed by atoms with Gasteiger partial charge in [-0.1, -0.05) is 19.9 Å². The summed E-state index contributed by atoms with van der Waals surface area (Å²) in [5.41, 5.74) is 0.652. The highest BCUT2D eigenvalue weighted by Crippen LogP contribution is 2.68. The number of aliphatic carboxylic acids is 1. The van der Waals surface area contributed by atoms with E-state index in [9.17, 15) is 9.90 Å². The molecule has 0 saturated heterocycles. The molecule has 4 saturated carbocycles. The molecule has 0 radical (unpaired) electrons. The van der Waals surface area contributed by atoms with Gasteiger partial charge in [-0.2, -0.15) is 0 Å². The summed E-state index contributed by atoms with van der Waals surface area (Å²) < 4.78 is 0. The fourth-order valence-electron chi connectivity index (χ4n) is 8.77. The number of aliphatic hydroxyl groups is 1. The normalized spacial score (nSPS) is 48.8. The van der Waals surface area contributed by atoms with Crippen LogP contribution in [0.5, 0.6) is 0 Å². The zero-order valence-corrected chi connectivity index (χ0v) is 17.9. The van der Waals surface area contributed by atoms with Crippen molar-refractivity contribution >= 4 is 5.97 Å². The smallest absolute Gasteiger partial charge is 0.303 e. The van der Waals surface area contributed by atoms with E-state index in [-0.39, 0.29) is 11.5 Å². The van der Waals surface area contributed by atoms with Gasteiger partial charge in [0.25, 0.3) is 0 Å². The Morgan fingerprint density at radius 2 is 1.93 bits per heavy atom. The fourth-order valence-corrected chi connectivity index (χ4v) is 8.77. The second-order valence-corrected chi connectivity index (χ2v) is 11.0. The molecule has 9 atom stereocenters. The first-order valence-corrected chi connectivity index (χ1v) is 11.8. The first-order chi connectivity index (χ1) is 13.3. The van der Waals surface area contributed by atoms with E-state index >= 15 is 0 Å². The summed E-state index contributed by atoms with van der Waals surface area (Å²) in [5, 5.41) is 19.4. The Kier molecular flexibility index (Phi) is 5.44. The lowest BCUT2D eigenvalue weighted by molar-refractivity contribution is -0.137. The minimum Gasteiger partial charge on any atom is -0.481 e. The van der Waals surface area contributed by atoms with Crippen LogP contribution in [0.1, 0.15) is 84.5 Å². The monoisotopic (exact) mass is 388 g/mol. The van der Waals surface area contributed by atoms with Crippen molar-refractivity contribution in [1.82, 2.24) is 0 Å². The molecule has 0 aliphatic heterocycles.